The highest BCUT2D eigenvalue weighted by Crippen LogP contribution is 2.29. The molecule has 7 nitrogen and oxygen atoms in total. The van der Waals surface area contributed by atoms with Gasteiger partial charge in [0.25, 0.3) is 0 Å². The molecule has 3 rings (SSSR count). The number of nitrogens with two attached hydrogens (primary N) is 1. The van der Waals surface area contributed by atoms with Crippen molar-refractivity contribution in [3.05, 3.63) is 23.3 Å². The number of methoxy groups -OCH3 is 1. The number of aromatic amines is 1. The van der Waals surface area contributed by atoms with E-state index in [-0.39, 0.29) is 30.3 Å². The first-order valence-electron chi connectivity index (χ1n) is 7.85. The molecule has 1 fully saturated rings. The Hall–Kier alpha value is -1.90. The third-order valence-electron chi connectivity index (χ3n) is 4.30. The molecule has 1 aliphatic carbocycles. The van der Waals surface area contributed by atoms with Crippen LogP contribution in [0.4, 0.5) is 5.13 Å². The van der Waals surface area contributed by atoms with E-state index in [0.29, 0.717) is 22.9 Å². The van der Waals surface area contributed by atoms with Crippen molar-refractivity contribution in [3.8, 4) is 11.3 Å². The maximum atomic E-state index is 12.1. The Balaban J connectivity index is 0.00000225. The predicted octanol–water partition coefficient (Wildman–Crippen LogP) is 2.80. The summed E-state index contributed by atoms with van der Waals surface area (Å²) in [7, 11) is 1.33. The third kappa shape index (κ3) is 4.59. The van der Waals surface area contributed by atoms with Gasteiger partial charge in [-0.2, -0.15) is 0 Å². The number of thiazole rings is 1. The van der Waals surface area contributed by atoms with E-state index in [2.05, 4.69) is 20.0 Å². The monoisotopic (exact) mass is 384 g/mol. The average Bonchev–Trinajstić information content (AvgIpc) is 3.28. The number of esters is 1. The molecule has 1 aliphatic rings. The first-order chi connectivity index (χ1) is 11.6. The number of halogens is 1. The van der Waals surface area contributed by atoms with Gasteiger partial charge in [0.1, 0.15) is 5.69 Å². The fourth-order valence-electron chi connectivity index (χ4n) is 2.96. The van der Waals surface area contributed by atoms with Crippen molar-refractivity contribution in [2.24, 2.45) is 11.7 Å². The summed E-state index contributed by atoms with van der Waals surface area (Å²) in [6.07, 6.45) is 5.22. The fourth-order valence-corrected chi connectivity index (χ4v) is 3.70. The molecule has 0 unspecified atom stereocenters. The van der Waals surface area contributed by atoms with Crippen LogP contribution in [0.1, 0.15) is 36.2 Å². The van der Waals surface area contributed by atoms with Crippen LogP contribution in [0.2, 0.25) is 0 Å². The molecular formula is C16H21ClN4O3S. The van der Waals surface area contributed by atoms with E-state index in [9.17, 15) is 9.59 Å². The minimum atomic E-state index is -0.432. The Morgan fingerprint density at radius 1 is 1.48 bits per heavy atom. The molecule has 136 valence electrons. The lowest BCUT2D eigenvalue weighted by Gasteiger charge is -2.13. The standard InChI is InChI=1S/C16H20N4O3S.ClH/c1-23-15(22)12-5-10(7-18-12)13-8-24-16(19-13)20-14(21)6-9-3-2-4-11(9)17;/h5,7-9,11,18H,2-4,6,17H2,1H3,(H,19,20,21);1H/t9-,11+;/m0./s1. The molecule has 0 bridgehead atoms. The van der Waals surface area contributed by atoms with Crippen molar-refractivity contribution in [2.75, 3.05) is 12.4 Å². The molecule has 1 saturated carbocycles. The van der Waals surface area contributed by atoms with E-state index in [1.54, 1.807) is 12.3 Å². The first kappa shape index (κ1) is 19.4. The summed E-state index contributed by atoms with van der Waals surface area (Å²) in [5.74, 6) is -0.225. The van der Waals surface area contributed by atoms with Gasteiger partial charge in [0.2, 0.25) is 5.91 Å². The molecule has 2 heterocycles. The van der Waals surface area contributed by atoms with E-state index in [0.717, 1.165) is 24.8 Å². The number of hydrogen-bond donors (Lipinski definition) is 3. The van der Waals surface area contributed by atoms with Crippen LogP contribution in [0, 0.1) is 5.92 Å². The van der Waals surface area contributed by atoms with E-state index < -0.39 is 5.97 Å². The molecule has 0 spiro atoms. The third-order valence-corrected chi connectivity index (χ3v) is 5.06. The molecule has 0 aliphatic heterocycles. The van der Waals surface area contributed by atoms with Crippen LogP contribution in [0.5, 0.6) is 0 Å². The van der Waals surface area contributed by atoms with Gasteiger partial charge in [-0.05, 0) is 24.8 Å². The summed E-state index contributed by atoms with van der Waals surface area (Å²) >= 11 is 1.35. The van der Waals surface area contributed by atoms with Crippen LogP contribution in [-0.4, -0.2) is 35.0 Å². The van der Waals surface area contributed by atoms with Crippen molar-refractivity contribution < 1.29 is 14.3 Å². The SMILES string of the molecule is COC(=O)c1cc(-c2csc(NC(=O)C[C@@H]3CCC[C@H]3N)n2)c[nH]1.Cl. The fraction of sp³-hybridized carbons (Fsp3) is 0.438. The first-order valence-corrected chi connectivity index (χ1v) is 8.73. The number of H-pyrrole nitrogens is 1. The molecule has 2 atom stereocenters. The van der Waals surface area contributed by atoms with E-state index in [1.165, 1.54) is 18.4 Å². The van der Waals surface area contributed by atoms with Crippen LogP contribution in [0.15, 0.2) is 17.6 Å². The maximum Gasteiger partial charge on any atom is 0.354 e. The highest BCUT2D eigenvalue weighted by Gasteiger charge is 2.26. The lowest BCUT2D eigenvalue weighted by Crippen LogP contribution is -2.28. The number of rotatable bonds is 5. The average molecular weight is 385 g/mol. The summed E-state index contributed by atoms with van der Waals surface area (Å²) in [5, 5.41) is 5.21. The van der Waals surface area contributed by atoms with Gasteiger partial charge in [0.05, 0.1) is 12.8 Å². The number of nitrogens with one attached hydrogen (secondary N) is 2. The molecule has 2 aromatic heterocycles. The smallest absolute Gasteiger partial charge is 0.354 e. The quantitative estimate of drug-likeness (QED) is 0.686. The molecule has 2 aromatic rings. The van der Waals surface area contributed by atoms with Crippen molar-refractivity contribution in [3.63, 3.8) is 0 Å². The molecule has 9 heteroatoms. The zero-order valence-corrected chi connectivity index (χ0v) is 15.4. The number of carbonyl (C=O) groups is 2. The zero-order valence-electron chi connectivity index (χ0n) is 13.8. The Morgan fingerprint density at radius 2 is 2.28 bits per heavy atom. The Bertz CT molecular complexity index is 745. The van der Waals surface area contributed by atoms with Crippen molar-refractivity contribution in [2.45, 2.75) is 31.7 Å². The van der Waals surface area contributed by atoms with Crippen LogP contribution >= 0.6 is 23.7 Å². The van der Waals surface area contributed by atoms with Gasteiger partial charge < -0.3 is 20.8 Å². The van der Waals surface area contributed by atoms with Crippen molar-refractivity contribution in [1.82, 2.24) is 9.97 Å². The summed E-state index contributed by atoms with van der Waals surface area (Å²) in [5.41, 5.74) is 7.83. The van der Waals surface area contributed by atoms with E-state index in [4.69, 9.17) is 5.73 Å². The second-order valence-corrected chi connectivity index (χ2v) is 6.80. The minimum Gasteiger partial charge on any atom is -0.464 e. The normalized spacial score (nSPS) is 19.3. The van der Waals surface area contributed by atoms with Gasteiger partial charge >= 0.3 is 5.97 Å². The van der Waals surface area contributed by atoms with Crippen molar-refractivity contribution in [1.29, 1.82) is 0 Å². The van der Waals surface area contributed by atoms with Gasteiger partial charge in [-0.25, -0.2) is 9.78 Å². The highest BCUT2D eigenvalue weighted by molar-refractivity contribution is 7.14. The molecule has 25 heavy (non-hydrogen) atoms. The van der Waals surface area contributed by atoms with Crippen LogP contribution < -0.4 is 11.1 Å². The zero-order chi connectivity index (χ0) is 17.1. The molecule has 0 aromatic carbocycles. The lowest BCUT2D eigenvalue weighted by atomic mass is 10.00. The van der Waals surface area contributed by atoms with E-state index >= 15 is 0 Å². The number of aromatic nitrogens is 2. The molecule has 1 amide bonds. The van der Waals surface area contributed by atoms with Crippen LogP contribution in [0.25, 0.3) is 11.3 Å². The number of ether oxygens (including phenoxy) is 1. The Kier molecular flexibility index (Phi) is 6.57. The van der Waals surface area contributed by atoms with E-state index in [1.807, 2.05) is 5.38 Å². The molecule has 0 saturated heterocycles. The molecular weight excluding hydrogens is 364 g/mol. The second-order valence-electron chi connectivity index (χ2n) is 5.94. The van der Waals surface area contributed by atoms with Crippen molar-refractivity contribution >= 4 is 40.8 Å². The summed E-state index contributed by atoms with van der Waals surface area (Å²) in [4.78, 5) is 30.8. The van der Waals surface area contributed by atoms with Crippen LogP contribution in [0.3, 0.4) is 0 Å². The summed E-state index contributed by atoms with van der Waals surface area (Å²) in [6.45, 7) is 0. The van der Waals surface area contributed by atoms with Crippen LogP contribution in [-0.2, 0) is 9.53 Å². The lowest BCUT2D eigenvalue weighted by molar-refractivity contribution is -0.117. The number of nitrogens with zero attached hydrogens (tertiary/aromatic N) is 1. The highest BCUT2D eigenvalue weighted by atomic mass is 35.5. The Labute approximate surface area is 155 Å². The van der Waals surface area contributed by atoms with Gasteiger partial charge in [-0.3, -0.25) is 4.79 Å². The Morgan fingerprint density at radius 3 is 2.96 bits per heavy atom. The largest absolute Gasteiger partial charge is 0.464 e. The van der Waals surface area contributed by atoms with Gasteiger partial charge in [0, 0.05) is 29.6 Å². The molecule has 4 N–H and O–H groups in total. The number of carbonyl (C=O) groups excluding carboxylic acids is 2. The molecule has 0 radical (unpaired) electrons. The number of amides is 1. The van der Waals surface area contributed by atoms with Gasteiger partial charge in [0.15, 0.2) is 5.13 Å². The topological polar surface area (TPSA) is 110 Å². The van der Waals surface area contributed by atoms with Gasteiger partial charge in [-0.15, -0.1) is 23.7 Å². The predicted molar refractivity (Wildman–Crippen MR) is 99.1 cm³/mol. The maximum absolute atomic E-state index is 12.1. The van der Waals surface area contributed by atoms with Gasteiger partial charge in [-0.1, -0.05) is 6.42 Å². The summed E-state index contributed by atoms with van der Waals surface area (Å²) in [6, 6.07) is 1.79. The summed E-state index contributed by atoms with van der Waals surface area (Å²) < 4.78 is 4.66. The minimum absolute atomic E-state index is 0. The number of anilines is 1. The second kappa shape index (κ2) is 8.46. The number of hydrogen-bond acceptors (Lipinski definition) is 6.